The number of alkyl halides is 6. The minimum atomic E-state index is -4.66. The molecular formula is C18H18F6N2O4. The van der Waals surface area contributed by atoms with Crippen molar-refractivity contribution in [2.24, 2.45) is 0 Å². The van der Waals surface area contributed by atoms with Crippen LogP contribution in [0.15, 0.2) is 12.3 Å². The van der Waals surface area contributed by atoms with Crippen LogP contribution in [0.25, 0.3) is 11.3 Å². The van der Waals surface area contributed by atoms with E-state index in [4.69, 9.17) is 9.47 Å². The molecule has 0 aromatic carbocycles. The van der Waals surface area contributed by atoms with Crippen LogP contribution >= 0.6 is 0 Å². The SMILES string of the molecule is Cc1c(OCC(F)(F)F)cc(-c2cnc(CO)c(C)c2OCC(F)(F)F)nc1CO. The van der Waals surface area contributed by atoms with E-state index in [1.54, 1.807) is 0 Å². The van der Waals surface area contributed by atoms with Gasteiger partial charge in [0.1, 0.15) is 11.5 Å². The first kappa shape index (κ1) is 23.7. The molecule has 0 aliphatic carbocycles. The molecule has 0 aliphatic rings. The highest BCUT2D eigenvalue weighted by molar-refractivity contribution is 5.70. The van der Waals surface area contributed by atoms with Gasteiger partial charge in [0.05, 0.1) is 35.9 Å². The fraction of sp³-hybridized carbons (Fsp3) is 0.444. The largest absolute Gasteiger partial charge is 0.484 e. The predicted octanol–water partition coefficient (Wildman–Crippen LogP) is 3.63. The van der Waals surface area contributed by atoms with E-state index in [0.717, 1.165) is 12.3 Å². The summed E-state index contributed by atoms with van der Waals surface area (Å²) in [6, 6.07) is 1.09. The van der Waals surface area contributed by atoms with Gasteiger partial charge in [0.2, 0.25) is 0 Å². The van der Waals surface area contributed by atoms with Crippen molar-refractivity contribution in [3.8, 4) is 22.8 Å². The number of aromatic nitrogens is 2. The molecule has 0 spiro atoms. The van der Waals surface area contributed by atoms with E-state index >= 15 is 0 Å². The standard InChI is InChI=1S/C18H18F6N2O4/c1-9-14(6-28)26-12(3-15(9)29-7-17(19,20)21)11-4-25-13(5-27)10(2)16(11)30-8-18(22,23)24/h3-4,27-28H,5-8H2,1-2H3. The molecule has 0 unspecified atom stereocenters. The Kier molecular flexibility index (Phi) is 7.14. The van der Waals surface area contributed by atoms with Crippen LogP contribution in [0, 0.1) is 13.8 Å². The summed E-state index contributed by atoms with van der Waals surface area (Å²) >= 11 is 0. The highest BCUT2D eigenvalue weighted by atomic mass is 19.4. The van der Waals surface area contributed by atoms with Gasteiger partial charge in [-0.2, -0.15) is 26.3 Å². The number of halogens is 6. The minimum Gasteiger partial charge on any atom is -0.484 e. The van der Waals surface area contributed by atoms with Crippen LogP contribution in [-0.2, 0) is 13.2 Å². The van der Waals surface area contributed by atoms with Crippen molar-refractivity contribution < 1.29 is 46.0 Å². The van der Waals surface area contributed by atoms with Gasteiger partial charge >= 0.3 is 12.4 Å². The van der Waals surface area contributed by atoms with Gasteiger partial charge in [0.15, 0.2) is 13.2 Å². The summed E-state index contributed by atoms with van der Waals surface area (Å²) in [6.07, 6.45) is -8.21. The number of rotatable bonds is 7. The molecule has 2 N–H and O–H groups in total. The van der Waals surface area contributed by atoms with Crippen LogP contribution < -0.4 is 9.47 Å². The average Bonchev–Trinajstić information content (AvgIpc) is 2.64. The van der Waals surface area contributed by atoms with Crippen molar-refractivity contribution in [3.63, 3.8) is 0 Å². The van der Waals surface area contributed by atoms with Gasteiger partial charge in [-0.3, -0.25) is 4.98 Å². The van der Waals surface area contributed by atoms with Gasteiger partial charge in [-0.15, -0.1) is 0 Å². The third-order valence-electron chi connectivity index (χ3n) is 4.04. The molecule has 2 rings (SSSR count). The van der Waals surface area contributed by atoms with Gasteiger partial charge in [0.25, 0.3) is 0 Å². The molecule has 0 bridgehead atoms. The summed E-state index contributed by atoms with van der Waals surface area (Å²) < 4.78 is 85.3. The number of pyridine rings is 2. The van der Waals surface area contributed by atoms with Crippen molar-refractivity contribution in [3.05, 3.63) is 34.8 Å². The molecule has 6 nitrogen and oxygen atoms in total. The second-order valence-electron chi connectivity index (χ2n) is 6.27. The zero-order valence-electron chi connectivity index (χ0n) is 15.9. The first-order valence-corrected chi connectivity index (χ1v) is 8.46. The molecule has 12 heteroatoms. The molecular weight excluding hydrogens is 422 g/mol. The summed E-state index contributed by atoms with van der Waals surface area (Å²) in [4.78, 5) is 8.03. The van der Waals surface area contributed by atoms with E-state index in [-0.39, 0.29) is 45.3 Å². The third-order valence-corrected chi connectivity index (χ3v) is 4.04. The normalized spacial score (nSPS) is 12.2. The van der Waals surface area contributed by atoms with Crippen LogP contribution in [0.5, 0.6) is 11.5 Å². The summed E-state index contributed by atoms with van der Waals surface area (Å²) in [5.41, 5.74) is 0.0822. The van der Waals surface area contributed by atoms with Crippen LogP contribution in [-0.4, -0.2) is 45.7 Å². The summed E-state index contributed by atoms with van der Waals surface area (Å²) in [5, 5.41) is 18.8. The Morgan fingerprint density at radius 2 is 1.43 bits per heavy atom. The molecule has 2 aromatic heterocycles. The van der Waals surface area contributed by atoms with Crippen molar-refractivity contribution in [2.75, 3.05) is 13.2 Å². The minimum absolute atomic E-state index is 0.0321. The third kappa shape index (κ3) is 5.95. The molecule has 0 atom stereocenters. The van der Waals surface area contributed by atoms with Gasteiger partial charge in [-0.1, -0.05) is 0 Å². The summed E-state index contributed by atoms with van der Waals surface area (Å²) in [6.45, 7) is -1.73. The van der Waals surface area contributed by atoms with Crippen molar-refractivity contribution in [2.45, 2.75) is 39.4 Å². The van der Waals surface area contributed by atoms with Crippen molar-refractivity contribution in [1.29, 1.82) is 0 Å². The molecule has 0 amide bonds. The summed E-state index contributed by atoms with van der Waals surface area (Å²) in [7, 11) is 0. The van der Waals surface area contributed by atoms with Gasteiger partial charge < -0.3 is 19.7 Å². The van der Waals surface area contributed by atoms with E-state index in [1.165, 1.54) is 13.8 Å². The fourth-order valence-electron chi connectivity index (χ4n) is 2.55. The maximum atomic E-state index is 12.7. The van der Waals surface area contributed by atoms with E-state index in [9.17, 15) is 36.6 Å². The first-order chi connectivity index (χ1) is 13.9. The van der Waals surface area contributed by atoms with Crippen LogP contribution in [0.3, 0.4) is 0 Å². The lowest BCUT2D eigenvalue weighted by Gasteiger charge is -2.19. The number of hydrogen-bond donors (Lipinski definition) is 2. The predicted molar refractivity (Wildman–Crippen MR) is 91.9 cm³/mol. The number of aliphatic hydroxyl groups excluding tert-OH is 2. The number of aliphatic hydroxyl groups is 2. The quantitative estimate of drug-likeness (QED) is 0.640. The zero-order chi connectivity index (χ0) is 22.7. The molecule has 2 heterocycles. The molecule has 2 aromatic rings. The highest BCUT2D eigenvalue weighted by Crippen LogP contribution is 2.37. The van der Waals surface area contributed by atoms with Gasteiger partial charge in [-0.05, 0) is 13.8 Å². The lowest BCUT2D eigenvalue weighted by atomic mass is 10.0. The van der Waals surface area contributed by atoms with E-state index in [0.29, 0.717) is 0 Å². The van der Waals surface area contributed by atoms with Crippen LogP contribution in [0.4, 0.5) is 26.3 Å². The Morgan fingerprint density at radius 3 is 1.97 bits per heavy atom. The lowest BCUT2D eigenvalue weighted by molar-refractivity contribution is -0.154. The summed E-state index contributed by atoms with van der Waals surface area (Å²) in [5.74, 6) is -0.555. The first-order valence-electron chi connectivity index (χ1n) is 8.46. The van der Waals surface area contributed by atoms with Crippen molar-refractivity contribution >= 4 is 0 Å². The maximum Gasteiger partial charge on any atom is 0.422 e. The molecule has 166 valence electrons. The molecule has 30 heavy (non-hydrogen) atoms. The van der Waals surface area contributed by atoms with Crippen LogP contribution in [0.2, 0.25) is 0 Å². The van der Waals surface area contributed by atoms with E-state index in [2.05, 4.69) is 9.97 Å². The number of hydrogen-bond acceptors (Lipinski definition) is 6. The average molecular weight is 440 g/mol. The Balaban J connectivity index is 2.60. The topological polar surface area (TPSA) is 84.7 Å². The molecule has 0 saturated heterocycles. The lowest BCUT2D eigenvalue weighted by Crippen LogP contribution is -2.20. The van der Waals surface area contributed by atoms with Crippen LogP contribution in [0.1, 0.15) is 22.5 Å². The zero-order valence-corrected chi connectivity index (χ0v) is 15.9. The second-order valence-corrected chi connectivity index (χ2v) is 6.27. The number of nitrogens with zero attached hydrogens (tertiary/aromatic N) is 2. The highest BCUT2D eigenvalue weighted by Gasteiger charge is 2.31. The molecule has 0 saturated carbocycles. The molecule has 0 radical (unpaired) electrons. The Labute approximate surface area is 167 Å². The smallest absolute Gasteiger partial charge is 0.422 e. The van der Waals surface area contributed by atoms with Gasteiger partial charge in [0, 0.05) is 23.4 Å². The monoisotopic (exact) mass is 440 g/mol. The molecule has 0 fully saturated rings. The number of ether oxygens (including phenoxy) is 2. The second kappa shape index (κ2) is 9.04. The Hall–Kier alpha value is -2.60. The Morgan fingerprint density at radius 1 is 0.867 bits per heavy atom. The van der Waals surface area contributed by atoms with Crippen molar-refractivity contribution in [1.82, 2.24) is 9.97 Å². The molecule has 0 aliphatic heterocycles. The fourth-order valence-corrected chi connectivity index (χ4v) is 2.55. The van der Waals surface area contributed by atoms with E-state index in [1.807, 2.05) is 0 Å². The van der Waals surface area contributed by atoms with Gasteiger partial charge in [-0.25, -0.2) is 4.98 Å². The maximum absolute atomic E-state index is 12.7. The van der Waals surface area contributed by atoms with E-state index < -0.39 is 38.8 Å². The Bertz CT molecular complexity index is 900.